The highest BCUT2D eigenvalue weighted by Crippen LogP contribution is 2.30. The van der Waals surface area contributed by atoms with Gasteiger partial charge in [0.1, 0.15) is 5.75 Å². The maximum atomic E-state index is 12.4. The topological polar surface area (TPSA) is 49.7 Å². The third-order valence-corrected chi connectivity index (χ3v) is 1.92. The molecule has 16 heavy (non-hydrogen) atoms. The molecule has 0 atom stereocenters. The predicted octanol–water partition coefficient (Wildman–Crippen LogP) is 0.784. The van der Waals surface area contributed by atoms with Crippen molar-refractivity contribution in [2.45, 2.75) is 13.1 Å². The fourth-order valence-electron chi connectivity index (χ4n) is 1.20. The van der Waals surface area contributed by atoms with E-state index in [0.717, 1.165) is 18.2 Å². The molecule has 2 N–H and O–H groups in total. The van der Waals surface area contributed by atoms with E-state index in [1.165, 1.54) is 0 Å². The lowest BCUT2D eigenvalue weighted by Gasteiger charge is -2.13. The molecule has 88 valence electrons. The first-order valence-corrected chi connectivity index (χ1v) is 4.56. The lowest BCUT2D eigenvalue weighted by molar-refractivity contribution is -0.137. The molecule has 0 aromatic heterocycles. The van der Waals surface area contributed by atoms with Crippen LogP contribution in [0.2, 0.25) is 0 Å². The summed E-state index contributed by atoms with van der Waals surface area (Å²) in [5.41, 5.74) is -0.977. The highest BCUT2D eigenvalue weighted by atomic mass is 19.4. The zero-order valence-electron chi connectivity index (χ0n) is 8.45. The van der Waals surface area contributed by atoms with E-state index in [0.29, 0.717) is 0 Å². The first-order chi connectivity index (χ1) is 7.36. The van der Waals surface area contributed by atoms with E-state index >= 15 is 0 Å². The fourth-order valence-corrected chi connectivity index (χ4v) is 1.20. The molecule has 0 aliphatic rings. The smallest absolute Gasteiger partial charge is 0.492 e. The Morgan fingerprint density at radius 3 is 2.38 bits per heavy atom. The Bertz CT molecular complexity index is 366. The Morgan fingerprint density at radius 1 is 1.31 bits per heavy atom. The molecule has 0 aliphatic carbocycles. The quantitative estimate of drug-likeness (QED) is 0.760. The molecule has 0 radical (unpaired) electrons. The summed E-state index contributed by atoms with van der Waals surface area (Å²) in [6.07, 6.45) is -4.48. The van der Waals surface area contributed by atoms with Crippen LogP contribution >= 0.6 is 0 Å². The number of alkyl halides is 3. The Kier molecular flexibility index (Phi) is 3.82. The second-order valence-electron chi connectivity index (χ2n) is 3.06. The van der Waals surface area contributed by atoms with Crippen molar-refractivity contribution in [2.75, 3.05) is 6.61 Å². The minimum Gasteiger partial charge on any atom is -0.494 e. The van der Waals surface area contributed by atoms with Crippen LogP contribution in [-0.4, -0.2) is 23.8 Å². The van der Waals surface area contributed by atoms with Gasteiger partial charge in [0.15, 0.2) is 0 Å². The van der Waals surface area contributed by atoms with Gasteiger partial charge in [-0.05, 0) is 13.0 Å². The summed E-state index contributed by atoms with van der Waals surface area (Å²) in [5.74, 6) is -0.174. The summed E-state index contributed by atoms with van der Waals surface area (Å²) < 4.78 is 42.0. The van der Waals surface area contributed by atoms with Crippen molar-refractivity contribution in [3.8, 4) is 5.75 Å². The second-order valence-corrected chi connectivity index (χ2v) is 3.06. The van der Waals surface area contributed by atoms with Gasteiger partial charge < -0.3 is 14.8 Å². The van der Waals surface area contributed by atoms with Crippen LogP contribution in [0.5, 0.6) is 5.75 Å². The van der Waals surface area contributed by atoms with E-state index in [4.69, 9.17) is 14.8 Å². The number of halogens is 3. The van der Waals surface area contributed by atoms with E-state index in [9.17, 15) is 13.2 Å². The molecule has 1 aromatic rings. The molecule has 0 bridgehead atoms. The minimum atomic E-state index is -4.48. The van der Waals surface area contributed by atoms with Crippen molar-refractivity contribution in [1.29, 1.82) is 0 Å². The minimum absolute atomic E-state index is 0.0881. The molecular weight excluding hydrogens is 224 g/mol. The molecule has 3 nitrogen and oxygen atoms in total. The highest BCUT2D eigenvalue weighted by Gasteiger charge is 2.32. The molecule has 0 saturated heterocycles. The summed E-state index contributed by atoms with van der Waals surface area (Å²) in [7, 11) is -1.86. The SMILES string of the molecule is CCOc1cc(C(F)(F)F)ccc1B(O)O. The van der Waals surface area contributed by atoms with E-state index < -0.39 is 18.9 Å². The summed E-state index contributed by atoms with van der Waals surface area (Å²) in [6, 6.07) is 2.51. The van der Waals surface area contributed by atoms with Gasteiger partial charge in [-0.3, -0.25) is 0 Å². The van der Waals surface area contributed by atoms with E-state index in [1.807, 2.05) is 0 Å². The number of rotatable bonds is 3. The average molecular weight is 234 g/mol. The Labute approximate surface area is 90.6 Å². The van der Waals surface area contributed by atoms with Crippen LogP contribution in [-0.2, 0) is 6.18 Å². The Hall–Kier alpha value is -1.21. The molecule has 0 heterocycles. The molecule has 0 fully saturated rings. The maximum Gasteiger partial charge on any atom is 0.492 e. The average Bonchev–Trinajstić information content (AvgIpc) is 2.16. The highest BCUT2D eigenvalue weighted by molar-refractivity contribution is 6.59. The van der Waals surface area contributed by atoms with Crippen LogP contribution in [0.15, 0.2) is 18.2 Å². The fraction of sp³-hybridized carbons (Fsp3) is 0.333. The van der Waals surface area contributed by atoms with Gasteiger partial charge in [-0.2, -0.15) is 13.2 Å². The summed E-state index contributed by atoms with van der Waals surface area (Å²) in [4.78, 5) is 0. The summed E-state index contributed by atoms with van der Waals surface area (Å²) >= 11 is 0. The van der Waals surface area contributed by atoms with Gasteiger partial charge in [-0.15, -0.1) is 0 Å². The van der Waals surface area contributed by atoms with Crippen LogP contribution in [0.4, 0.5) is 13.2 Å². The van der Waals surface area contributed by atoms with Crippen LogP contribution < -0.4 is 10.2 Å². The molecule has 0 unspecified atom stereocenters. The third kappa shape index (κ3) is 2.90. The number of benzene rings is 1. The molecule has 0 spiro atoms. The number of ether oxygens (including phenoxy) is 1. The van der Waals surface area contributed by atoms with Crippen molar-refractivity contribution in [3.63, 3.8) is 0 Å². The number of hydrogen-bond donors (Lipinski definition) is 2. The zero-order chi connectivity index (χ0) is 12.3. The van der Waals surface area contributed by atoms with Crippen molar-refractivity contribution in [2.24, 2.45) is 0 Å². The molecule has 1 aromatic carbocycles. The van der Waals surface area contributed by atoms with Gasteiger partial charge in [-0.1, -0.05) is 12.1 Å². The van der Waals surface area contributed by atoms with Gasteiger partial charge in [0.25, 0.3) is 0 Å². The Balaban J connectivity index is 3.17. The van der Waals surface area contributed by atoms with Crippen LogP contribution in [0.1, 0.15) is 12.5 Å². The zero-order valence-corrected chi connectivity index (χ0v) is 8.45. The van der Waals surface area contributed by atoms with Gasteiger partial charge in [0, 0.05) is 5.46 Å². The molecule has 0 amide bonds. The predicted molar refractivity (Wildman–Crippen MR) is 52.4 cm³/mol. The van der Waals surface area contributed by atoms with Gasteiger partial charge in [0.2, 0.25) is 0 Å². The van der Waals surface area contributed by atoms with E-state index in [-0.39, 0.29) is 17.8 Å². The molecule has 0 saturated carbocycles. The molecular formula is C9H10BF3O3. The molecule has 7 heteroatoms. The van der Waals surface area contributed by atoms with Crippen LogP contribution in [0, 0.1) is 0 Å². The van der Waals surface area contributed by atoms with E-state index in [2.05, 4.69) is 0 Å². The van der Waals surface area contributed by atoms with Crippen LogP contribution in [0.3, 0.4) is 0 Å². The molecule has 0 aliphatic heterocycles. The van der Waals surface area contributed by atoms with Gasteiger partial charge >= 0.3 is 13.3 Å². The standard InChI is InChI=1S/C9H10BF3O3/c1-2-16-8-5-6(9(11,12)13)3-4-7(8)10(14)15/h3-5,14-15H,2H2,1H3. The first kappa shape index (κ1) is 12.9. The van der Waals surface area contributed by atoms with E-state index in [1.54, 1.807) is 6.92 Å². The number of hydrogen-bond acceptors (Lipinski definition) is 3. The molecule has 1 rings (SSSR count). The van der Waals surface area contributed by atoms with Crippen molar-refractivity contribution >= 4 is 12.6 Å². The second kappa shape index (κ2) is 4.75. The van der Waals surface area contributed by atoms with Crippen molar-refractivity contribution < 1.29 is 28.0 Å². The summed E-state index contributed by atoms with van der Waals surface area (Å²) in [5, 5.41) is 17.8. The van der Waals surface area contributed by atoms with Crippen molar-refractivity contribution in [1.82, 2.24) is 0 Å². The lowest BCUT2D eigenvalue weighted by Crippen LogP contribution is -2.32. The monoisotopic (exact) mass is 234 g/mol. The van der Waals surface area contributed by atoms with Gasteiger partial charge in [-0.25, -0.2) is 0 Å². The third-order valence-electron chi connectivity index (χ3n) is 1.92. The van der Waals surface area contributed by atoms with Gasteiger partial charge in [0.05, 0.1) is 12.2 Å². The normalized spacial score (nSPS) is 11.4. The lowest BCUT2D eigenvalue weighted by atomic mass is 9.79. The van der Waals surface area contributed by atoms with Crippen molar-refractivity contribution in [3.05, 3.63) is 23.8 Å². The largest absolute Gasteiger partial charge is 0.494 e. The maximum absolute atomic E-state index is 12.4. The van der Waals surface area contributed by atoms with Crippen LogP contribution in [0.25, 0.3) is 0 Å². The summed E-state index contributed by atoms with van der Waals surface area (Å²) in [6.45, 7) is 1.73. The first-order valence-electron chi connectivity index (χ1n) is 4.56. The Morgan fingerprint density at radius 2 is 1.94 bits per heavy atom.